The van der Waals surface area contributed by atoms with Gasteiger partial charge in [0.15, 0.2) is 6.10 Å². The SMILES string of the molecule is Cc1nc(-c2ccc3c(c2)N(CC(=O)Nc2ccc([N+](=O)[O-])cc2)C(=O)C(C)O3)c(C)s1. The molecule has 1 unspecified atom stereocenters. The van der Waals surface area contributed by atoms with E-state index in [9.17, 15) is 19.7 Å². The zero-order chi connectivity index (χ0) is 23.0. The fourth-order valence-corrected chi connectivity index (χ4v) is 4.36. The van der Waals surface area contributed by atoms with Gasteiger partial charge in [-0.3, -0.25) is 24.6 Å². The van der Waals surface area contributed by atoms with Gasteiger partial charge in [0.1, 0.15) is 12.3 Å². The molecule has 2 aromatic carbocycles. The van der Waals surface area contributed by atoms with Crippen LogP contribution in [0.2, 0.25) is 0 Å². The van der Waals surface area contributed by atoms with Gasteiger partial charge in [0.25, 0.3) is 11.6 Å². The summed E-state index contributed by atoms with van der Waals surface area (Å²) in [5.41, 5.74) is 2.48. The molecule has 10 heteroatoms. The monoisotopic (exact) mass is 452 g/mol. The molecule has 164 valence electrons. The molecule has 3 aromatic rings. The Kier molecular flexibility index (Phi) is 5.62. The maximum Gasteiger partial charge on any atom is 0.269 e. The molecule has 0 saturated heterocycles. The molecule has 32 heavy (non-hydrogen) atoms. The molecule has 1 N–H and O–H groups in total. The second-order valence-electron chi connectivity index (χ2n) is 7.36. The minimum Gasteiger partial charge on any atom is -0.479 e. The zero-order valence-corrected chi connectivity index (χ0v) is 18.4. The van der Waals surface area contributed by atoms with Crippen molar-refractivity contribution in [2.75, 3.05) is 16.8 Å². The number of benzene rings is 2. The second-order valence-corrected chi connectivity index (χ2v) is 8.76. The van der Waals surface area contributed by atoms with Gasteiger partial charge in [0, 0.05) is 28.3 Å². The predicted molar refractivity (Wildman–Crippen MR) is 121 cm³/mol. The fourth-order valence-electron chi connectivity index (χ4n) is 3.52. The molecule has 0 radical (unpaired) electrons. The van der Waals surface area contributed by atoms with Crippen molar-refractivity contribution < 1.29 is 19.2 Å². The average molecular weight is 452 g/mol. The van der Waals surface area contributed by atoms with E-state index in [1.165, 1.54) is 29.2 Å². The number of ether oxygens (including phenoxy) is 1. The van der Waals surface area contributed by atoms with Crippen LogP contribution in [0.25, 0.3) is 11.3 Å². The number of carbonyl (C=O) groups excluding carboxylic acids is 2. The fraction of sp³-hybridized carbons (Fsp3) is 0.227. The van der Waals surface area contributed by atoms with E-state index in [0.717, 1.165) is 21.1 Å². The van der Waals surface area contributed by atoms with Crippen molar-refractivity contribution in [3.05, 3.63) is 62.5 Å². The summed E-state index contributed by atoms with van der Waals surface area (Å²) in [7, 11) is 0. The van der Waals surface area contributed by atoms with Crippen molar-refractivity contribution >= 4 is 40.2 Å². The van der Waals surface area contributed by atoms with Gasteiger partial charge in [-0.2, -0.15) is 0 Å². The summed E-state index contributed by atoms with van der Waals surface area (Å²) < 4.78 is 5.73. The van der Waals surface area contributed by atoms with Gasteiger partial charge in [0.05, 0.1) is 21.3 Å². The number of nitrogens with zero attached hydrogens (tertiary/aromatic N) is 3. The predicted octanol–water partition coefficient (Wildman–Crippen LogP) is 4.09. The Balaban J connectivity index is 1.60. The van der Waals surface area contributed by atoms with E-state index in [2.05, 4.69) is 10.3 Å². The van der Waals surface area contributed by atoms with E-state index in [4.69, 9.17) is 4.74 Å². The van der Waals surface area contributed by atoms with Crippen LogP contribution in [0.1, 0.15) is 16.8 Å². The summed E-state index contributed by atoms with van der Waals surface area (Å²) in [5, 5.41) is 14.4. The molecule has 1 atom stereocenters. The van der Waals surface area contributed by atoms with E-state index in [0.29, 0.717) is 17.1 Å². The summed E-state index contributed by atoms with van der Waals surface area (Å²) in [6.45, 7) is 5.32. The number of fused-ring (bicyclic) bond motifs is 1. The minimum absolute atomic E-state index is 0.0748. The van der Waals surface area contributed by atoms with E-state index in [1.807, 2.05) is 19.9 Å². The Morgan fingerprint density at radius 2 is 1.97 bits per heavy atom. The molecule has 1 aliphatic heterocycles. The Labute approximate surface area is 187 Å². The third kappa shape index (κ3) is 4.17. The van der Waals surface area contributed by atoms with Crippen LogP contribution in [0.3, 0.4) is 0 Å². The van der Waals surface area contributed by atoms with Gasteiger partial charge < -0.3 is 10.1 Å². The summed E-state index contributed by atoms with van der Waals surface area (Å²) >= 11 is 1.59. The Morgan fingerprint density at radius 1 is 1.25 bits per heavy atom. The first-order chi connectivity index (χ1) is 15.2. The maximum absolute atomic E-state index is 12.8. The lowest BCUT2D eigenvalue weighted by atomic mass is 10.1. The first-order valence-electron chi connectivity index (χ1n) is 9.83. The molecule has 0 bridgehead atoms. The normalized spacial score (nSPS) is 15.2. The van der Waals surface area contributed by atoms with Gasteiger partial charge in [-0.1, -0.05) is 0 Å². The smallest absolute Gasteiger partial charge is 0.269 e. The molecular formula is C22H20N4O5S. The van der Waals surface area contributed by atoms with Gasteiger partial charge >= 0.3 is 0 Å². The number of amides is 2. The number of thiazole rings is 1. The highest BCUT2D eigenvalue weighted by Gasteiger charge is 2.33. The molecule has 0 saturated carbocycles. The topological polar surface area (TPSA) is 115 Å². The number of carbonyl (C=O) groups is 2. The molecule has 1 aliphatic rings. The van der Waals surface area contributed by atoms with Gasteiger partial charge in [-0.25, -0.2) is 4.98 Å². The van der Waals surface area contributed by atoms with Crippen molar-refractivity contribution in [2.45, 2.75) is 26.9 Å². The highest BCUT2D eigenvalue weighted by Crippen LogP contribution is 2.38. The standard InChI is InChI=1S/C22H20N4O5S/c1-12-22(28)25(11-20(27)24-16-5-7-17(8-6-16)26(29)30)18-10-15(4-9-19(18)31-12)21-13(2)32-14(3)23-21/h4-10,12H,11H2,1-3H3,(H,24,27). The van der Waals surface area contributed by atoms with Crippen molar-refractivity contribution in [2.24, 2.45) is 0 Å². The molecule has 9 nitrogen and oxygen atoms in total. The Hall–Kier alpha value is -3.79. The van der Waals surface area contributed by atoms with Gasteiger partial charge in [0.2, 0.25) is 5.91 Å². The number of aromatic nitrogens is 1. The maximum atomic E-state index is 12.8. The average Bonchev–Trinajstić information content (AvgIpc) is 3.09. The van der Waals surface area contributed by atoms with E-state index in [-0.39, 0.29) is 18.1 Å². The number of nitrogens with one attached hydrogen (secondary N) is 1. The van der Waals surface area contributed by atoms with E-state index < -0.39 is 16.9 Å². The second kappa shape index (κ2) is 8.39. The quantitative estimate of drug-likeness (QED) is 0.461. The minimum atomic E-state index is -0.733. The molecule has 2 amide bonds. The molecule has 2 heterocycles. The number of nitro benzene ring substituents is 1. The lowest BCUT2D eigenvalue weighted by molar-refractivity contribution is -0.384. The van der Waals surface area contributed by atoms with Crippen molar-refractivity contribution in [3.8, 4) is 17.0 Å². The van der Waals surface area contributed by atoms with Crippen LogP contribution in [-0.2, 0) is 9.59 Å². The third-order valence-corrected chi connectivity index (χ3v) is 5.89. The molecule has 1 aromatic heterocycles. The molecule has 0 spiro atoms. The molecule has 0 aliphatic carbocycles. The first kappa shape index (κ1) is 21.4. The van der Waals surface area contributed by atoms with Crippen LogP contribution < -0.4 is 15.0 Å². The van der Waals surface area contributed by atoms with Crippen LogP contribution in [0.4, 0.5) is 17.1 Å². The number of rotatable bonds is 5. The van der Waals surface area contributed by atoms with Gasteiger partial charge in [-0.15, -0.1) is 11.3 Å². The number of anilines is 2. The zero-order valence-electron chi connectivity index (χ0n) is 17.6. The number of aryl methyl sites for hydroxylation is 2. The van der Waals surface area contributed by atoms with Crippen LogP contribution in [0, 0.1) is 24.0 Å². The number of non-ortho nitro benzene ring substituents is 1. The van der Waals surface area contributed by atoms with E-state index in [1.54, 1.807) is 30.4 Å². The number of hydrogen-bond acceptors (Lipinski definition) is 7. The highest BCUT2D eigenvalue weighted by atomic mass is 32.1. The number of hydrogen-bond donors (Lipinski definition) is 1. The summed E-state index contributed by atoms with van der Waals surface area (Å²) in [4.78, 5) is 42.8. The lowest BCUT2D eigenvalue weighted by Gasteiger charge is -2.33. The van der Waals surface area contributed by atoms with Crippen LogP contribution in [0.5, 0.6) is 5.75 Å². The molecule has 4 rings (SSSR count). The lowest BCUT2D eigenvalue weighted by Crippen LogP contribution is -2.47. The Bertz CT molecular complexity index is 1220. The largest absolute Gasteiger partial charge is 0.479 e. The van der Waals surface area contributed by atoms with Crippen molar-refractivity contribution in [1.82, 2.24) is 4.98 Å². The van der Waals surface area contributed by atoms with Crippen LogP contribution in [-0.4, -0.2) is 34.4 Å². The van der Waals surface area contributed by atoms with Gasteiger partial charge in [-0.05, 0) is 51.1 Å². The number of nitro groups is 1. The van der Waals surface area contributed by atoms with Crippen molar-refractivity contribution in [3.63, 3.8) is 0 Å². The van der Waals surface area contributed by atoms with Crippen molar-refractivity contribution in [1.29, 1.82) is 0 Å². The van der Waals surface area contributed by atoms with Crippen LogP contribution >= 0.6 is 11.3 Å². The summed E-state index contributed by atoms with van der Waals surface area (Å²) in [6.07, 6.45) is -0.733. The molecular weight excluding hydrogens is 432 g/mol. The summed E-state index contributed by atoms with van der Waals surface area (Å²) in [6, 6.07) is 11.0. The molecule has 0 fully saturated rings. The Morgan fingerprint density at radius 3 is 2.59 bits per heavy atom. The third-order valence-electron chi connectivity index (χ3n) is 5.01. The first-order valence-corrected chi connectivity index (χ1v) is 10.7. The summed E-state index contributed by atoms with van der Waals surface area (Å²) in [5.74, 6) is -0.258. The highest BCUT2D eigenvalue weighted by molar-refractivity contribution is 7.11. The van der Waals surface area contributed by atoms with Crippen LogP contribution in [0.15, 0.2) is 42.5 Å². The van der Waals surface area contributed by atoms with E-state index >= 15 is 0 Å².